The molecule has 4 nitrogen and oxygen atoms in total. The number of rotatable bonds is 8. The Hall–Kier alpha value is -0.173. The first-order valence-corrected chi connectivity index (χ1v) is 7.42. The Kier molecular flexibility index (Phi) is 7.15. The van der Waals surface area contributed by atoms with Crippen molar-refractivity contribution in [2.75, 3.05) is 12.8 Å². The van der Waals surface area contributed by atoms with Crippen molar-refractivity contribution in [2.24, 2.45) is 0 Å². The van der Waals surface area contributed by atoms with Gasteiger partial charge in [0.25, 0.3) is 0 Å². The summed E-state index contributed by atoms with van der Waals surface area (Å²) in [5, 5.41) is 0. The topological polar surface area (TPSA) is 52.6 Å². The molecule has 0 N–H and O–H groups in total. The maximum atomic E-state index is 10.9. The average Bonchev–Trinajstić information content (AvgIpc) is 2.05. The molecule has 0 spiro atoms. The molecule has 0 fully saturated rings. The standard InChI is InChI=1S/C7H16O4SSi/c1-3-5-6-10-12(8,9)11-7-13-4-2/h4H,2-3,5-7,13H2,1H3. The summed E-state index contributed by atoms with van der Waals surface area (Å²) in [5.41, 5.74) is 1.72. The zero-order valence-corrected chi connectivity index (χ0v) is 10.1. The minimum Gasteiger partial charge on any atom is -0.252 e. The Morgan fingerprint density at radius 2 is 2.15 bits per heavy atom. The molecule has 0 aromatic heterocycles. The lowest BCUT2D eigenvalue weighted by molar-refractivity contribution is 0.233. The van der Waals surface area contributed by atoms with Crippen LogP contribution in [0.25, 0.3) is 0 Å². The molecule has 6 heteroatoms. The van der Waals surface area contributed by atoms with E-state index in [1.165, 1.54) is 0 Å². The van der Waals surface area contributed by atoms with Crippen LogP contribution in [0.5, 0.6) is 0 Å². The Morgan fingerprint density at radius 1 is 1.46 bits per heavy atom. The predicted octanol–water partition coefficient (Wildman–Crippen LogP) is 0.334. The lowest BCUT2D eigenvalue weighted by Gasteiger charge is -2.03. The zero-order chi connectivity index (χ0) is 10.2. The highest BCUT2D eigenvalue weighted by Gasteiger charge is 2.09. The third-order valence-corrected chi connectivity index (χ3v) is 3.33. The number of unbranched alkanes of at least 4 members (excludes halogenated alkanes) is 1. The van der Waals surface area contributed by atoms with E-state index in [0.717, 1.165) is 12.8 Å². The molecule has 0 unspecified atom stereocenters. The fraction of sp³-hybridized carbons (Fsp3) is 0.714. The second-order valence-electron chi connectivity index (χ2n) is 2.48. The van der Waals surface area contributed by atoms with Crippen LogP contribution in [0.3, 0.4) is 0 Å². The molecule has 0 aromatic rings. The van der Waals surface area contributed by atoms with Gasteiger partial charge in [-0.1, -0.05) is 13.3 Å². The highest BCUT2D eigenvalue weighted by Crippen LogP contribution is 1.98. The van der Waals surface area contributed by atoms with Gasteiger partial charge in [-0.15, -0.1) is 12.3 Å². The van der Waals surface area contributed by atoms with Crippen LogP contribution in [0.4, 0.5) is 0 Å². The lowest BCUT2D eigenvalue weighted by Crippen LogP contribution is -2.14. The summed E-state index contributed by atoms with van der Waals surface area (Å²) in [6.45, 7) is 5.66. The van der Waals surface area contributed by atoms with Crippen molar-refractivity contribution in [3.63, 3.8) is 0 Å². The molecule has 13 heavy (non-hydrogen) atoms. The summed E-state index contributed by atoms with van der Waals surface area (Å²) in [6.07, 6.45) is 1.86. The molecule has 0 saturated carbocycles. The first kappa shape index (κ1) is 12.8. The van der Waals surface area contributed by atoms with Crippen molar-refractivity contribution in [3.05, 3.63) is 12.3 Å². The SMILES string of the molecule is C=C[SiH2]COS(=O)(=O)OCCCC. The molecule has 0 bridgehead atoms. The van der Waals surface area contributed by atoms with Crippen molar-refractivity contribution in [1.29, 1.82) is 0 Å². The van der Waals surface area contributed by atoms with Crippen LogP contribution in [-0.2, 0) is 18.8 Å². The summed E-state index contributed by atoms with van der Waals surface area (Å²) in [5.74, 6) is 0. The van der Waals surface area contributed by atoms with Crippen molar-refractivity contribution in [2.45, 2.75) is 19.8 Å². The van der Waals surface area contributed by atoms with Gasteiger partial charge in [-0.25, -0.2) is 4.18 Å². The molecule has 0 aliphatic rings. The summed E-state index contributed by atoms with van der Waals surface area (Å²) in [6, 6.07) is 0. The van der Waals surface area contributed by atoms with Crippen LogP contribution in [-0.4, -0.2) is 30.8 Å². The van der Waals surface area contributed by atoms with E-state index >= 15 is 0 Å². The lowest BCUT2D eigenvalue weighted by atomic mass is 10.4. The fourth-order valence-electron chi connectivity index (χ4n) is 0.573. The summed E-state index contributed by atoms with van der Waals surface area (Å²) in [4.78, 5) is 0. The Bertz CT molecular complexity index is 225. The van der Waals surface area contributed by atoms with Crippen molar-refractivity contribution < 1.29 is 16.8 Å². The molecule has 78 valence electrons. The summed E-state index contributed by atoms with van der Waals surface area (Å²) in [7, 11) is -4.34. The van der Waals surface area contributed by atoms with Gasteiger partial charge < -0.3 is 0 Å². The normalized spacial score (nSPS) is 12.4. The van der Waals surface area contributed by atoms with Crippen LogP contribution in [0, 0.1) is 0 Å². The van der Waals surface area contributed by atoms with Crippen LogP contribution < -0.4 is 0 Å². The van der Waals surface area contributed by atoms with E-state index in [1.807, 2.05) is 6.92 Å². The molecule has 0 atom stereocenters. The molecule has 0 radical (unpaired) electrons. The smallest absolute Gasteiger partial charge is 0.252 e. The maximum Gasteiger partial charge on any atom is 0.399 e. The first-order valence-electron chi connectivity index (χ1n) is 4.27. The van der Waals surface area contributed by atoms with Crippen LogP contribution in [0.15, 0.2) is 12.3 Å². The summed E-state index contributed by atoms with van der Waals surface area (Å²) >= 11 is 0. The summed E-state index contributed by atoms with van der Waals surface area (Å²) < 4.78 is 31.0. The fourth-order valence-corrected chi connectivity index (χ4v) is 2.33. The maximum absolute atomic E-state index is 10.9. The zero-order valence-electron chi connectivity index (χ0n) is 7.86. The van der Waals surface area contributed by atoms with E-state index in [9.17, 15) is 8.42 Å². The second kappa shape index (κ2) is 7.25. The highest BCUT2D eigenvalue weighted by molar-refractivity contribution is 7.81. The Morgan fingerprint density at radius 3 is 2.69 bits per heavy atom. The van der Waals surface area contributed by atoms with Gasteiger partial charge in [-0.3, -0.25) is 4.18 Å². The minimum absolute atomic E-state index is 0.203. The van der Waals surface area contributed by atoms with E-state index in [0.29, 0.717) is 0 Å². The molecular weight excluding hydrogens is 208 g/mol. The van der Waals surface area contributed by atoms with Gasteiger partial charge in [0.05, 0.1) is 22.4 Å². The quantitative estimate of drug-likeness (QED) is 0.440. The molecule has 0 aliphatic carbocycles. The van der Waals surface area contributed by atoms with E-state index in [-0.39, 0.29) is 12.8 Å². The van der Waals surface area contributed by atoms with E-state index < -0.39 is 19.9 Å². The van der Waals surface area contributed by atoms with Gasteiger partial charge >= 0.3 is 10.4 Å². The monoisotopic (exact) mass is 224 g/mol. The van der Waals surface area contributed by atoms with Gasteiger partial charge in [0.15, 0.2) is 0 Å². The van der Waals surface area contributed by atoms with E-state index in [2.05, 4.69) is 14.9 Å². The van der Waals surface area contributed by atoms with Gasteiger partial charge in [0, 0.05) is 0 Å². The molecular formula is C7H16O4SSi. The van der Waals surface area contributed by atoms with Crippen molar-refractivity contribution in [3.8, 4) is 0 Å². The largest absolute Gasteiger partial charge is 0.399 e. The van der Waals surface area contributed by atoms with E-state index in [1.54, 1.807) is 5.70 Å². The molecule has 0 aliphatic heterocycles. The average molecular weight is 224 g/mol. The second-order valence-corrected chi connectivity index (χ2v) is 5.33. The van der Waals surface area contributed by atoms with Crippen LogP contribution in [0.2, 0.25) is 0 Å². The Labute approximate surface area is 82.1 Å². The molecule has 0 rings (SSSR count). The third kappa shape index (κ3) is 8.17. The number of hydrogen-bond acceptors (Lipinski definition) is 4. The van der Waals surface area contributed by atoms with Gasteiger partial charge in [0.1, 0.15) is 0 Å². The molecule has 0 heterocycles. The van der Waals surface area contributed by atoms with Crippen molar-refractivity contribution >= 4 is 19.9 Å². The molecule has 0 aromatic carbocycles. The van der Waals surface area contributed by atoms with Gasteiger partial charge in [-0.2, -0.15) is 8.42 Å². The predicted molar refractivity (Wildman–Crippen MR) is 54.5 cm³/mol. The third-order valence-electron chi connectivity index (χ3n) is 1.28. The highest BCUT2D eigenvalue weighted by atomic mass is 32.3. The van der Waals surface area contributed by atoms with Gasteiger partial charge in [0.2, 0.25) is 0 Å². The van der Waals surface area contributed by atoms with Crippen LogP contribution >= 0.6 is 0 Å². The Balaban J connectivity index is 3.61. The number of hydrogen-bond donors (Lipinski definition) is 0. The minimum atomic E-state index is -3.74. The first-order chi connectivity index (χ1) is 6.12. The van der Waals surface area contributed by atoms with Crippen molar-refractivity contribution in [1.82, 2.24) is 0 Å². The van der Waals surface area contributed by atoms with Gasteiger partial charge in [-0.05, 0) is 6.42 Å². The molecule has 0 amide bonds. The van der Waals surface area contributed by atoms with Crippen LogP contribution in [0.1, 0.15) is 19.8 Å². The van der Waals surface area contributed by atoms with E-state index in [4.69, 9.17) is 0 Å². The molecule has 0 saturated heterocycles.